The van der Waals surface area contributed by atoms with Crippen LogP contribution in [0.3, 0.4) is 0 Å². The lowest BCUT2D eigenvalue weighted by molar-refractivity contribution is 0.977. The van der Waals surface area contributed by atoms with Crippen molar-refractivity contribution < 1.29 is 0 Å². The van der Waals surface area contributed by atoms with Gasteiger partial charge < -0.3 is 0 Å². The van der Waals surface area contributed by atoms with Gasteiger partial charge in [-0.05, 0) is 58.7 Å². The summed E-state index contributed by atoms with van der Waals surface area (Å²) in [6.45, 7) is 19.2. The van der Waals surface area contributed by atoms with Crippen LogP contribution in [0.2, 0.25) is 0 Å². The Labute approximate surface area is 206 Å². The Balaban J connectivity index is 1.86. The lowest BCUT2D eigenvalue weighted by atomic mass is 9.96. The summed E-state index contributed by atoms with van der Waals surface area (Å²) in [6, 6.07) is 15.1. The maximum Gasteiger partial charge on any atom is 0.0343 e. The van der Waals surface area contributed by atoms with Crippen molar-refractivity contribution in [3.8, 4) is 11.1 Å². The van der Waals surface area contributed by atoms with Crippen LogP contribution in [0.15, 0.2) is 147 Å². The molecule has 0 aromatic heterocycles. The Kier molecular flexibility index (Phi) is 7.27. The maximum atomic E-state index is 4.55. The third kappa shape index (κ3) is 4.88. The largest absolute Gasteiger partial charge is 0.0991 e. The second-order valence-electron chi connectivity index (χ2n) is 8.05. The molecule has 0 atom stereocenters. The highest BCUT2D eigenvalue weighted by Crippen LogP contribution is 2.56. The molecule has 0 bridgehead atoms. The Hall–Kier alpha value is -2.94. The van der Waals surface area contributed by atoms with E-state index < -0.39 is 0 Å². The fraction of sp³-hybridized carbons (Fsp3) is 0.0968. The minimum absolute atomic E-state index is 0.890. The number of fused-ring (bicyclic) bond motifs is 1. The zero-order chi connectivity index (χ0) is 23.4. The molecule has 2 aromatic rings. The van der Waals surface area contributed by atoms with Crippen molar-refractivity contribution in [2.45, 2.75) is 29.6 Å². The Bertz CT molecular complexity index is 1260. The van der Waals surface area contributed by atoms with Crippen LogP contribution in [0, 0.1) is 6.92 Å². The molecule has 2 heteroatoms. The van der Waals surface area contributed by atoms with Crippen molar-refractivity contribution in [3.63, 3.8) is 0 Å². The molecule has 0 saturated carbocycles. The van der Waals surface area contributed by atoms with Gasteiger partial charge >= 0.3 is 0 Å². The van der Waals surface area contributed by atoms with Gasteiger partial charge in [-0.1, -0.05) is 129 Å². The molecule has 2 aromatic carbocycles. The zero-order valence-corrected chi connectivity index (χ0v) is 20.7. The average Bonchev–Trinajstić information content (AvgIpc) is 2.87. The highest BCUT2D eigenvalue weighted by atomic mass is 32.2. The Morgan fingerprint density at radius 1 is 0.939 bits per heavy atom. The summed E-state index contributed by atoms with van der Waals surface area (Å²) < 4.78 is 0. The van der Waals surface area contributed by atoms with Gasteiger partial charge in [0.05, 0.1) is 0 Å². The number of hydrogen-bond acceptors (Lipinski definition) is 2. The van der Waals surface area contributed by atoms with Gasteiger partial charge in [0.15, 0.2) is 0 Å². The lowest BCUT2D eigenvalue weighted by Gasteiger charge is -2.28. The molecule has 0 unspecified atom stereocenters. The second kappa shape index (κ2) is 10.3. The average molecular weight is 465 g/mol. The van der Waals surface area contributed by atoms with Crippen LogP contribution in [0.1, 0.15) is 18.4 Å². The van der Waals surface area contributed by atoms with E-state index in [9.17, 15) is 0 Å². The fourth-order valence-corrected chi connectivity index (χ4v) is 6.69. The van der Waals surface area contributed by atoms with Crippen molar-refractivity contribution in [3.05, 3.63) is 143 Å². The molecule has 0 nitrogen and oxygen atoms in total. The molecule has 33 heavy (non-hydrogen) atoms. The third-order valence-corrected chi connectivity index (χ3v) is 8.71. The van der Waals surface area contributed by atoms with E-state index in [1.54, 1.807) is 17.8 Å². The van der Waals surface area contributed by atoms with E-state index in [1.165, 1.54) is 37.0 Å². The first-order valence-electron chi connectivity index (χ1n) is 11.0. The van der Waals surface area contributed by atoms with E-state index in [0.717, 1.165) is 34.5 Å². The molecule has 2 aliphatic rings. The summed E-state index contributed by atoms with van der Waals surface area (Å²) in [5.74, 6) is 0. The summed E-state index contributed by atoms with van der Waals surface area (Å²) in [4.78, 5) is 4.89. The van der Waals surface area contributed by atoms with Crippen LogP contribution in [0.25, 0.3) is 11.1 Å². The van der Waals surface area contributed by atoms with Gasteiger partial charge in [0.25, 0.3) is 0 Å². The summed E-state index contributed by atoms with van der Waals surface area (Å²) >= 11 is 3.62. The maximum absolute atomic E-state index is 4.55. The smallest absolute Gasteiger partial charge is 0.0343 e. The fourth-order valence-electron chi connectivity index (χ4n) is 3.86. The lowest BCUT2D eigenvalue weighted by Crippen LogP contribution is -2.04. The number of thioether (sulfide) groups is 2. The number of benzene rings is 2. The normalized spacial score (nSPS) is 15.2. The molecule has 0 radical (unpaired) electrons. The first-order valence-corrected chi connectivity index (χ1v) is 12.7. The van der Waals surface area contributed by atoms with Gasteiger partial charge in [-0.2, -0.15) is 0 Å². The van der Waals surface area contributed by atoms with Gasteiger partial charge in [0.2, 0.25) is 0 Å². The van der Waals surface area contributed by atoms with E-state index in [0.29, 0.717) is 0 Å². The van der Waals surface area contributed by atoms with Gasteiger partial charge in [0.1, 0.15) is 0 Å². The standard InChI is InChI=1S/C31H28S2/c1-6-7-14-21(2)23(4)29-30(24(5)25-15-10-8-11-16-25)33-31-27(26-17-12-9-13-18-26)20-19-22(3)28(31)32-29/h6-10,12-15,17-20H,1-2,4-5,11,16H2,3H3/b14-7-. The van der Waals surface area contributed by atoms with Crippen LogP contribution in [0.5, 0.6) is 0 Å². The highest BCUT2D eigenvalue weighted by Gasteiger charge is 2.28. The molecular formula is C31H28S2. The van der Waals surface area contributed by atoms with E-state index in [2.05, 4.69) is 93.9 Å². The SMILES string of the molecule is C=C/C=C\C(=C)C(=C)C1=C(C(=C)C2=CC=CCC2)Sc2c(-c3ccccc3)ccc(C)c2S1. The van der Waals surface area contributed by atoms with Gasteiger partial charge in [-0.3, -0.25) is 0 Å². The quantitative estimate of drug-likeness (QED) is 0.374. The minimum Gasteiger partial charge on any atom is -0.0991 e. The Morgan fingerprint density at radius 3 is 2.39 bits per heavy atom. The van der Waals surface area contributed by atoms with Gasteiger partial charge in [-0.15, -0.1) is 0 Å². The first-order chi connectivity index (χ1) is 16.0. The molecule has 0 N–H and O–H groups in total. The number of allylic oxidation sites excluding steroid dienone is 10. The summed E-state index contributed by atoms with van der Waals surface area (Å²) in [7, 11) is 0. The molecule has 164 valence electrons. The van der Waals surface area contributed by atoms with Crippen molar-refractivity contribution in [2.24, 2.45) is 0 Å². The number of aryl methyl sites for hydroxylation is 1. The second-order valence-corrected chi connectivity index (χ2v) is 10.1. The van der Waals surface area contributed by atoms with Crippen LogP contribution >= 0.6 is 23.5 Å². The zero-order valence-electron chi connectivity index (χ0n) is 19.1. The first kappa shape index (κ1) is 23.2. The van der Waals surface area contributed by atoms with Gasteiger partial charge in [-0.25, -0.2) is 0 Å². The number of hydrogen-bond donors (Lipinski definition) is 0. The molecule has 4 rings (SSSR count). The Morgan fingerprint density at radius 2 is 1.70 bits per heavy atom. The highest BCUT2D eigenvalue weighted by molar-refractivity contribution is 8.09. The molecule has 0 spiro atoms. The summed E-state index contributed by atoms with van der Waals surface area (Å²) in [6.07, 6.45) is 14.2. The molecule has 0 fully saturated rings. The molecule has 1 aliphatic heterocycles. The monoisotopic (exact) mass is 464 g/mol. The van der Waals surface area contributed by atoms with E-state index in [1.807, 2.05) is 23.9 Å². The molecular weight excluding hydrogens is 436 g/mol. The van der Waals surface area contributed by atoms with Crippen molar-refractivity contribution >= 4 is 23.5 Å². The summed E-state index contributed by atoms with van der Waals surface area (Å²) in [5.41, 5.74) is 7.95. The van der Waals surface area contributed by atoms with Crippen molar-refractivity contribution in [1.29, 1.82) is 0 Å². The van der Waals surface area contributed by atoms with E-state index in [-0.39, 0.29) is 0 Å². The predicted molar refractivity (Wildman–Crippen MR) is 149 cm³/mol. The number of rotatable bonds is 7. The summed E-state index contributed by atoms with van der Waals surface area (Å²) in [5, 5.41) is 0. The van der Waals surface area contributed by atoms with Crippen LogP contribution in [-0.2, 0) is 0 Å². The van der Waals surface area contributed by atoms with Crippen LogP contribution in [0.4, 0.5) is 0 Å². The third-order valence-electron chi connectivity index (χ3n) is 5.78. The topological polar surface area (TPSA) is 0 Å². The molecule has 1 aliphatic carbocycles. The van der Waals surface area contributed by atoms with E-state index in [4.69, 9.17) is 0 Å². The van der Waals surface area contributed by atoms with Crippen molar-refractivity contribution in [2.75, 3.05) is 0 Å². The van der Waals surface area contributed by atoms with Crippen molar-refractivity contribution in [1.82, 2.24) is 0 Å². The molecule has 0 amide bonds. The van der Waals surface area contributed by atoms with Crippen LogP contribution in [-0.4, -0.2) is 0 Å². The molecule has 1 heterocycles. The molecule has 0 saturated heterocycles. The predicted octanol–water partition coefficient (Wildman–Crippen LogP) is 9.76. The van der Waals surface area contributed by atoms with Gasteiger partial charge in [0, 0.05) is 19.6 Å². The minimum atomic E-state index is 0.890. The van der Waals surface area contributed by atoms with Crippen LogP contribution < -0.4 is 0 Å². The van der Waals surface area contributed by atoms with E-state index >= 15 is 0 Å².